The average molecular weight is 328 g/mol. The summed E-state index contributed by atoms with van der Waals surface area (Å²) in [5, 5.41) is 0. The van der Waals surface area contributed by atoms with Crippen LogP contribution in [0.5, 0.6) is 5.75 Å². The van der Waals surface area contributed by atoms with E-state index in [-0.39, 0.29) is 17.8 Å². The fourth-order valence-corrected chi connectivity index (χ4v) is 2.90. The topological polar surface area (TPSA) is 55.6 Å². The lowest BCUT2D eigenvalue weighted by atomic mass is 9.99. The first-order valence-corrected chi connectivity index (χ1v) is 8.03. The first kappa shape index (κ1) is 16.5. The highest BCUT2D eigenvalue weighted by atomic mass is 19.1. The molecule has 1 amide bonds. The number of hydrogen-bond acceptors (Lipinski definition) is 3. The van der Waals surface area contributed by atoms with Gasteiger partial charge in [0.15, 0.2) is 0 Å². The van der Waals surface area contributed by atoms with Crippen molar-refractivity contribution in [3.05, 3.63) is 65.0 Å². The van der Waals surface area contributed by atoms with Crippen LogP contribution in [-0.2, 0) is 17.9 Å². The molecule has 1 saturated heterocycles. The number of carbonyl (C=O) groups is 1. The van der Waals surface area contributed by atoms with Crippen LogP contribution in [0.1, 0.15) is 23.1 Å². The van der Waals surface area contributed by atoms with Gasteiger partial charge in [0, 0.05) is 13.1 Å². The lowest BCUT2D eigenvalue weighted by molar-refractivity contribution is -0.127. The van der Waals surface area contributed by atoms with Crippen LogP contribution in [0.25, 0.3) is 0 Å². The molecular formula is C19H21FN2O2. The van der Waals surface area contributed by atoms with Gasteiger partial charge in [-0.15, -0.1) is 0 Å². The van der Waals surface area contributed by atoms with Crippen LogP contribution in [0.3, 0.4) is 0 Å². The summed E-state index contributed by atoms with van der Waals surface area (Å²) in [4.78, 5) is 13.4. The predicted octanol–water partition coefficient (Wildman–Crippen LogP) is 2.77. The molecule has 0 saturated carbocycles. The van der Waals surface area contributed by atoms with Crippen LogP contribution in [-0.4, -0.2) is 23.4 Å². The van der Waals surface area contributed by atoms with E-state index in [0.717, 1.165) is 35.4 Å². The zero-order chi connectivity index (χ0) is 17.1. The van der Waals surface area contributed by atoms with E-state index in [9.17, 15) is 9.18 Å². The number of primary amides is 1. The predicted molar refractivity (Wildman–Crippen MR) is 89.9 cm³/mol. The number of nitrogens with two attached hydrogens (primary N) is 1. The Hall–Kier alpha value is -2.40. The molecule has 0 bridgehead atoms. The highest BCUT2D eigenvalue weighted by Gasteiger charge is 2.32. The summed E-state index contributed by atoms with van der Waals surface area (Å²) in [7, 11) is 0. The van der Waals surface area contributed by atoms with Crippen LogP contribution in [0, 0.1) is 12.7 Å². The number of rotatable bonds is 6. The molecule has 4 nitrogen and oxygen atoms in total. The molecule has 24 heavy (non-hydrogen) atoms. The highest BCUT2D eigenvalue weighted by molar-refractivity contribution is 5.80. The number of aryl methyl sites for hydroxylation is 1. The van der Waals surface area contributed by atoms with Gasteiger partial charge in [-0.1, -0.05) is 18.2 Å². The van der Waals surface area contributed by atoms with E-state index in [1.807, 2.05) is 31.2 Å². The number of ether oxygens (including phenoxy) is 1. The van der Waals surface area contributed by atoms with Gasteiger partial charge in [0.2, 0.25) is 5.91 Å². The van der Waals surface area contributed by atoms with Gasteiger partial charge >= 0.3 is 0 Å². The third-order valence-electron chi connectivity index (χ3n) is 4.44. The minimum absolute atomic E-state index is 0.145. The standard InChI is InChI=1S/C19H21FN2O2/c1-13-9-17(24-12-14-3-2-4-16(20)10-14)6-5-15(13)11-22-8-7-18(22)19(21)23/h2-6,9-10,18H,7-8,11-12H2,1H3,(H2,21,23). The number of benzene rings is 2. The van der Waals surface area contributed by atoms with Crippen molar-refractivity contribution >= 4 is 5.91 Å². The molecule has 1 heterocycles. The Morgan fingerprint density at radius 2 is 2.17 bits per heavy atom. The zero-order valence-corrected chi connectivity index (χ0v) is 13.7. The molecule has 3 rings (SSSR count). The molecule has 5 heteroatoms. The number of amides is 1. The van der Waals surface area contributed by atoms with Crippen molar-refractivity contribution in [1.82, 2.24) is 4.90 Å². The minimum atomic E-state index is -0.263. The Morgan fingerprint density at radius 1 is 1.33 bits per heavy atom. The molecule has 2 N–H and O–H groups in total. The number of hydrogen-bond donors (Lipinski definition) is 1. The molecule has 0 aliphatic carbocycles. The summed E-state index contributed by atoms with van der Waals surface area (Å²) in [5.74, 6) is 0.228. The molecule has 1 aliphatic heterocycles. The van der Waals surface area contributed by atoms with E-state index in [2.05, 4.69) is 4.90 Å². The first-order chi connectivity index (χ1) is 11.5. The van der Waals surface area contributed by atoms with E-state index >= 15 is 0 Å². The molecule has 2 aromatic carbocycles. The van der Waals surface area contributed by atoms with Gasteiger partial charge in [0.05, 0.1) is 6.04 Å². The summed E-state index contributed by atoms with van der Waals surface area (Å²) >= 11 is 0. The summed E-state index contributed by atoms with van der Waals surface area (Å²) in [6, 6.07) is 12.1. The third-order valence-corrected chi connectivity index (χ3v) is 4.44. The molecule has 1 aliphatic rings. The zero-order valence-electron chi connectivity index (χ0n) is 13.7. The quantitative estimate of drug-likeness (QED) is 0.887. The number of likely N-dealkylation sites (tertiary alicyclic amines) is 1. The molecule has 126 valence electrons. The van der Waals surface area contributed by atoms with Crippen molar-refractivity contribution in [2.45, 2.75) is 32.5 Å². The van der Waals surface area contributed by atoms with Crippen molar-refractivity contribution in [1.29, 1.82) is 0 Å². The van der Waals surface area contributed by atoms with Crippen LogP contribution in [0.15, 0.2) is 42.5 Å². The van der Waals surface area contributed by atoms with Crippen molar-refractivity contribution < 1.29 is 13.9 Å². The van der Waals surface area contributed by atoms with Crippen molar-refractivity contribution in [2.24, 2.45) is 5.73 Å². The maximum Gasteiger partial charge on any atom is 0.234 e. The van der Waals surface area contributed by atoms with Crippen LogP contribution >= 0.6 is 0 Å². The van der Waals surface area contributed by atoms with Crippen LogP contribution in [0.4, 0.5) is 4.39 Å². The molecule has 0 aromatic heterocycles. The normalized spacial score (nSPS) is 17.3. The Labute approximate surface area is 141 Å². The van der Waals surface area contributed by atoms with E-state index in [1.165, 1.54) is 12.1 Å². The monoisotopic (exact) mass is 328 g/mol. The average Bonchev–Trinajstić information content (AvgIpc) is 2.50. The fourth-order valence-electron chi connectivity index (χ4n) is 2.90. The summed E-state index contributed by atoms with van der Waals surface area (Å²) in [6.07, 6.45) is 0.837. The van der Waals surface area contributed by atoms with Gasteiger partial charge in [0.25, 0.3) is 0 Å². The highest BCUT2D eigenvalue weighted by Crippen LogP contribution is 2.24. The second kappa shape index (κ2) is 7.01. The second-order valence-corrected chi connectivity index (χ2v) is 6.18. The largest absolute Gasteiger partial charge is 0.489 e. The molecule has 2 aromatic rings. The summed E-state index contributed by atoms with van der Waals surface area (Å²) < 4.78 is 18.9. The van der Waals surface area contributed by atoms with Gasteiger partial charge in [0.1, 0.15) is 18.2 Å². The van der Waals surface area contributed by atoms with Gasteiger partial charge < -0.3 is 10.5 Å². The van der Waals surface area contributed by atoms with E-state index < -0.39 is 0 Å². The third kappa shape index (κ3) is 3.74. The Morgan fingerprint density at radius 3 is 2.79 bits per heavy atom. The maximum absolute atomic E-state index is 13.2. The van der Waals surface area contributed by atoms with Gasteiger partial charge in [-0.25, -0.2) is 4.39 Å². The molecule has 0 radical (unpaired) electrons. The minimum Gasteiger partial charge on any atom is -0.489 e. The lowest BCUT2D eigenvalue weighted by Crippen LogP contribution is -2.54. The molecular weight excluding hydrogens is 307 g/mol. The van der Waals surface area contributed by atoms with E-state index in [0.29, 0.717) is 13.2 Å². The molecule has 1 fully saturated rings. The SMILES string of the molecule is Cc1cc(OCc2cccc(F)c2)ccc1CN1CCC1C(N)=O. The first-order valence-electron chi connectivity index (χ1n) is 8.03. The van der Waals surface area contributed by atoms with E-state index in [1.54, 1.807) is 6.07 Å². The van der Waals surface area contributed by atoms with Crippen LogP contribution < -0.4 is 10.5 Å². The number of nitrogens with zero attached hydrogens (tertiary/aromatic N) is 1. The Bertz CT molecular complexity index is 748. The lowest BCUT2D eigenvalue weighted by Gasteiger charge is -2.39. The maximum atomic E-state index is 13.2. The van der Waals surface area contributed by atoms with Crippen molar-refractivity contribution in [2.75, 3.05) is 6.54 Å². The summed E-state index contributed by atoms with van der Waals surface area (Å²) in [6.45, 7) is 3.95. The Balaban J connectivity index is 1.61. The van der Waals surface area contributed by atoms with E-state index in [4.69, 9.17) is 10.5 Å². The second-order valence-electron chi connectivity index (χ2n) is 6.18. The fraction of sp³-hybridized carbons (Fsp3) is 0.316. The van der Waals surface area contributed by atoms with Gasteiger partial charge in [-0.3, -0.25) is 9.69 Å². The van der Waals surface area contributed by atoms with Crippen LogP contribution in [0.2, 0.25) is 0 Å². The number of carbonyl (C=O) groups excluding carboxylic acids is 1. The van der Waals surface area contributed by atoms with Gasteiger partial charge in [-0.05, 0) is 54.3 Å². The molecule has 0 spiro atoms. The van der Waals surface area contributed by atoms with Gasteiger partial charge in [-0.2, -0.15) is 0 Å². The summed E-state index contributed by atoms with van der Waals surface area (Å²) in [5.41, 5.74) is 8.43. The number of halogens is 1. The smallest absolute Gasteiger partial charge is 0.234 e. The Kier molecular flexibility index (Phi) is 4.81. The molecule has 1 unspecified atom stereocenters. The molecule has 1 atom stereocenters. The van der Waals surface area contributed by atoms with Crippen molar-refractivity contribution in [3.8, 4) is 5.75 Å². The van der Waals surface area contributed by atoms with Crippen molar-refractivity contribution in [3.63, 3.8) is 0 Å².